The van der Waals surface area contributed by atoms with Gasteiger partial charge in [-0.05, 0) is 102 Å². The Hall–Kier alpha value is -2.96. The van der Waals surface area contributed by atoms with Crippen molar-refractivity contribution in [1.82, 2.24) is 15.2 Å². The molecule has 2 heterocycles. The first-order valence-electron chi connectivity index (χ1n) is 15.8. The van der Waals surface area contributed by atoms with Crippen molar-refractivity contribution < 1.29 is 19.1 Å². The summed E-state index contributed by atoms with van der Waals surface area (Å²) in [5, 5.41) is 3.95. The second-order valence-electron chi connectivity index (χ2n) is 13.6. The van der Waals surface area contributed by atoms with E-state index in [0.29, 0.717) is 23.9 Å². The Bertz CT molecular complexity index is 1240. The number of ketones is 1. The van der Waals surface area contributed by atoms with Crippen LogP contribution in [0.1, 0.15) is 102 Å². The summed E-state index contributed by atoms with van der Waals surface area (Å²) in [6.07, 6.45) is 11.6. The first kappa shape index (κ1) is 29.5. The highest BCUT2D eigenvalue weighted by Gasteiger charge is 2.47. The van der Waals surface area contributed by atoms with Crippen LogP contribution in [-0.4, -0.2) is 51.9 Å². The molecular weight excluding hydrogens is 514 g/mol. The zero-order valence-electron chi connectivity index (χ0n) is 25.2. The van der Waals surface area contributed by atoms with E-state index in [1.54, 1.807) is 6.20 Å². The lowest BCUT2D eigenvalue weighted by Gasteiger charge is -2.37. The predicted molar refractivity (Wildman–Crippen MR) is 161 cm³/mol. The second-order valence-corrected chi connectivity index (χ2v) is 13.6. The molecule has 3 atom stereocenters. The molecule has 3 aliphatic rings. The van der Waals surface area contributed by atoms with Crippen molar-refractivity contribution in [3.05, 3.63) is 42.1 Å². The molecule has 7 nitrogen and oxygen atoms in total. The third-order valence-corrected chi connectivity index (χ3v) is 9.71. The van der Waals surface area contributed by atoms with Gasteiger partial charge in [-0.3, -0.25) is 14.6 Å². The summed E-state index contributed by atoms with van der Waals surface area (Å²) in [6, 6.07) is 9.26. The van der Waals surface area contributed by atoms with E-state index in [-0.39, 0.29) is 41.7 Å². The van der Waals surface area contributed by atoms with E-state index in [0.717, 1.165) is 55.8 Å². The molecule has 1 unspecified atom stereocenters. The minimum absolute atomic E-state index is 0.0138. The average Bonchev–Trinajstić information content (AvgIpc) is 3.41. The van der Waals surface area contributed by atoms with Gasteiger partial charge in [0.15, 0.2) is 5.78 Å². The van der Waals surface area contributed by atoms with Crippen LogP contribution < -0.4 is 5.32 Å². The number of aromatic nitrogens is 1. The van der Waals surface area contributed by atoms with Crippen LogP contribution in [0.4, 0.5) is 4.79 Å². The zero-order chi connectivity index (χ0) is 29.1. The van der Waals surface area contributed by atoms with Crippen LogP contribution in [0.15, 0.2) is 36.5 Å². The number of nitrogens with zero attached hydrogens (tertiary/aromatic N) is 2. The van der Waals surface area contributed by atoms with E-state index in [2.05, 4.69) is 10.3 Å². The van der Waals surface area contributed by atoms with Crippen LogP contribution in [-0.2, 0) is 9.53 Å². The largest absolute Gasteiger partial charge is 0.444 e. The predicted octanol–water partition coefficient (Wildman–Crippen LogP) is 6.93. The first-order valence-corrected chi connectivity index (χ1v) is 15.8. The monoisotopic (exact) mass is 561 g/mol. The fraction of sp³-hybridized carbons (Fsp3) is 0.647. The lowest BCUT2D eigenvalue weighted by atomic mass is 9.74. The molecule has 0 radical (unpaired) electrons. The van der Waals surface area contributed by atoms with Crippen molar-refractivity contribution in [1.29, 1.82) is 0 Å². The molecule has 1 aliphatic heterocycles. The summed E-state index contributed by atoms with van der Waals surface area (Å²) in [6.45, 7) is 8.28. The normalized spacial score (nSPS) is 26.5. The second kappa shape index (κ2) is 12.5. The van der Waals surface area contributed by atoms with E-state index < -0.39 is 5.60 Å². The number of carbonyl (C=O) groups is 3. The van der Waals surface area contributed by atoms with Gasteiger partial charge < -0.3 is 15.0 Å². The number of hydrogen-bond donors (Lipinski definition) is 1. The third kappa shape index (κ3) is 6.92. The molecule has 1 aromatic heterocycles. The van der Waals surface area contributed by atoms with Crippen LogP contribution in [0.3, 0.4) is 0 Å². The number of carbonyl (C=O) groups excluding carboxylic acids is 3. The zero-order valence-corrected chi connectivity index (χ0v) is 25.2. The van der Waals surface area contributed by atoms with Crippen LogP contribution in [0.5, 0.6) is 0 Å². The minimum Gasteiger partial charge on any atom is -0.444 e. The van der Waals surface area contributed by atoms with Crippen molar-refractivity contribution in [2.24, 2.45) is 23.7 Å². The first-order chi connectivity index (χ1) is 19.6. The molecule has 41 heavy (non-hydrogen) atoms. The molecule has 1 aromatic carbocycles. The lowest BCUT2D eigenvalue weighted by molar-refractivity contribution is -0.137. The SMILES string of the molecule is CC(NC(=O)OC(C)(C)C)C1CCC(C(=O)N2CC[C@@H](C3CCCCC3)[C@H]2C(=O)c2ccc3ncccc3c2)CC1. The molecule has 0 bridgehead atoms. The number of rotatable bonds is 6. The van der Waals surface area contributed by atoms with Gasteiger partial charge in [0.2, 0.25) is 5.91 Å². The number of hydrogen-bond acceptors (Lipinski definition) is 5. The Morgan fingerprint density at radius 2 is 1.71 bits per heavy atom. The minimum atomic E-state index is -0.531. The molecule has 222 valence electrons. The van der Waals surface area contributed by atoms with Crippen LogP contribution >= 0.6 is 0 Å². The highest BCUT2D eigenvalue weighted by Crippen LogP contribution is 2.42. The highest BCUT2D eigenvalue weighted by atomic mass is 16.6. The average molecular weight is 562 g/mol. The highest BCUT2D eigenvalue weighted by molar-refractivity contribution is 6.04. The Morgan fingerprint density at radius 3 is 2.41 bits per heavy atom. The van der Waals surface area contributed by atoms with Crippen molar-refractivity contribution in [3.8, 4) is 0 Å². The molecule has 0 spiro atoms. The smallest absolute Gasteiger partial charge is 0.407 e. The summed E-state index contributed by atoms with van der Waals surface area (Å²) in [7, 11) is 0. The van der Waals surface area contributed by atoms with Gasteiger partial charge in [0, 0.05) is 35.7 Å². The summed E-state index contributed by atoms with van der Waals surface area (Å²) in [4.78, 5) is 46.9. The van der Waals surface area contributed by atoms with Gasteiger partial charge >= 0.3 is 6.09 Å². The van der Waals surface area contributed by atoms with Gasteiger partial charge in [0.05, 0.1) is 11.6 Å². The molecule has 2 aromatic rings. The number of Topliss-reactive ketones (excluding diaryl/α,β-unsaturated/α-hetero) is 1. The van der Waals surface area contributed by atoms with Gasteiger partial charge in [-0.2, -0.15) is 0 Å². The quantitative estimate of drug-likeness (QED) is 0.386. The maximum Gasteiger partial charge on any atom is 0.407 e. The number of likely N-dealkylation sites (tertiary alicyclic amines) is 1. The van der Waals surface area contributed by atoms with Crippen molar-refractivity contribution in [2.45, 2.75) is 110 Å². The molecule has 1 saturated heterocycles. The van der Waals surface area contributed by atoms with E-state index in [9.17, 15) is 14.4 Å². The van der Waals surface area contributed by atoms with Crippen molar-refractivity contribution in [3.63, 3.8) is 0 Å². The number of benzene rings is 1. The van der Waals surface area contributed by atoms with E-state index in [1.807, 2.05) is 62.9 Å². The van der Waals surface area contributed by atoms with Crippen LogP contribution in [0.2, 0.25) is 0 Å². The topological polar surface area (TPSA) is 88.6 Å². The van der Waals surface area contributed by atoms with E-state index in [1.165, 1.54) is 19.3 Å². The number of nitrogens with one attached hydrogen (secondary N) is 1. The van der Waals surface area contributed by atoms with Crippen LogP contribution in [0, 0.1) is 23.7 Å². The molecular formula is C34H47N3O4. The molecule has 2 aliphatic carbocycles. The van der Waals surface area contributed by atoms with E-state index >= 15 is 0 Å². The Morgan fingerprint density at radius 1 is 0.976 bits per heavy atom. The third-order valence-electron chi connectivity index (χ3n) is 9.71. The van der Waals surface area contributed by atoms with Gasteiger partial charge in [-0.1, -0.05) is 38.2 Å². The lowest BCUT2D eigenvalue weighted by Crippen LogP contribution is -2.48. The molecule has 5 rings (SSSR count). The molecule has 1 N–H and O–H groups in total. The molecule has 7 heteroatoms. The Labute approximate surface area is 244 Å². The summed E-state index contributed by atoms with van der Waals surface area (Å²) in [5.74, 6) is 1.21. The summed E-state index contributed by atoms with van der Waals surface area (Å²) in [5.41, 5.74) is 1.03. The standard InChI is InChI=1S/C34H47N3O4/c1-22(36-33(40)41-34(2,3)4)23-12-14-25(15-13-23)32(39)37-20-18-28(24-9-6-5-7-10-24)30(37)31(38)27-16-17-29-26(21-27)11-8-19-35-29/h8,11,16-17,19,21-25,28,30H,5-7,9-10,12-15,18,20H2,1-4H3,(H,36,40)/t22?,23?,25?,28-,30-/m0/s1. The van der Waals surface area contributed by atoms with E-state index in [4.69, 9.17) is 4.74 Å². The fourth-order valence-corrected chi connectivity index (χ4v) is 7.57. The number of pyridine rings is 1. The number of ether oxygens (including phenoxy) is 1. The van der Waals surface area contributed by atoms with Crippen molar-refractivity contribution >= 4 is 28.7 Å². The summed E-state index contributed by atoms with van der Waals surface area (Å²) < 4.78 is 5.43. The maximum atomic E-state index is 14.2. The number of amides is 2. The van der Waals surface area contributed by atoms with Gasteiger partial charge in [-0.15, -0.1) is 0 Å². The van der Waals surface area contributed by atoms with Gasteiger partial charge in [0.25, 0.3) is 0 Å². The molecule has 2 saturated carbocycles. The molecule has 3 fully saturated rings. The number of fused-ring (bicyclic) bond motifs is 1. The number of alkyl carbamates (subject to hydrolysis) is 1. The fourth-order valence-electron chi connectivity index (χ4n) is 7.57. The van der Waals surface area contributed by atoms with Crippen molar-refractivity contribution in [2.75, 3.05) is 6.54 Å². The Kier molecular flexibility index (Phi) is 9.00. The van der Waals surface area contributed by atoms with Crippen LogP contribution in [0.25, 0.3) is 10.9 Å². The Balaban J connectivity index is 1.28. The molecule has 2 amide bonds. The van der Waals surface area contributed by atoms with Gasteiger partial charge in [-0.25, -0.2) is 4.79 Å². The van der Waals surface area contributed by atoms with Gasteiger partial charge in [0.1, 0.15) is 5.60 Å². The maximum absolute atomic E-state index is 14.2. The summed E-state index contributed by atoms with van der Waals surface area (Å²) >= 11 is 0.